The van der Waals surface area contributed by atoms with Gasteiger partial charge >= 0.3 is 7.12 Å². The van der Waals surface area contributed by atoms with E-state index >= 15 is 0 Å². The predicted octanol–water partition coefficient (Wildman–Crippen LogP) is 1.43. The van der Waals surface area contributed by atoms with Crippen molar-refractivity contribution >= 4 is 7.12 Å². The molecule has 2 bridgehead atoms. The maximum absolute atomic E-state index is 9.11. The van der Waals surface area contributed by atoms with E-state index in [0.29, 0.717) is 10.8 Å². The first kappa shape index (κ1) is 8.58. The van der Waals surface area contributed by atoms with E-state index in [4.69, 9.17) is 10.0 Å². The fourth-order valence-electron chi connectivity index (χ4n) is 2.94. The lowest BCUT2D eigenvalue weighted by atomic mass is 9.20. The van der Waals surface area contributed by atoms with Crippen LogP contribution in [0, 0.1) is 10.8 Å². The molecular formula is C9H17BO2. The Morgan fingerprint density at radius 2 is 1.50 bits per heavy atom. The van der Waals surface area contributed by atoms with Gasteiger partial charge in [-0.05, 0) is 30.1 Å². The van der Waals surface area contributed by atoms with Crippen molar-refractivity contribution in [3.8, 4) is 0 Å². The van der Waals surface area contributed by atoms with E-state index < -0.39 is 7.12 Å². The maximum Gasteiger partial charge on any atom is 0.458 e. The zero-order chi connectivity index (χ0) is 9.20. The molecule has 12 heavy (non-hydrogen) atoms. The molecule has 0 saturated heterocycles. The molecule has 0 heterocycles. The molecule has 0 atom stereocenters. The summed E-state index contributed by atoms with van der Waals surface area (Å²) in [5.74, 6) is 0. The third kappa shape index (κ3) is 0.741. The van der Waals surface area contributed by atoms with Crippen LogP contribution < -0.4 is 0 Å². The Bertz CT molecular complexity index is 197. The molecule has 68 valence electrons. The predicted molar refractivity (Wildman–Crippen MR) is 48.6 cm³/mol. The van der Waals surface area contributed by atoms with E-state index in [0.717, 1.165) is 19.3 Å². The van der Waals surface area contributed by atoms with E-state index in [1.165, 1.54) is 0 Å². The van der Waals surface area contributed by atoms with Gasteiger partial charge in [0.25, 0.3) is 0 Å². The van der Waals surface area contributed by atoms with Crippen molar-refractivity contribution in [1.82, 2.24) is 0 Å². The molecule has 3 rings (SSSR count). The molecule has 0 aliphatic heterocycles. The lowest BCUT2D eigenvalue weighted by Gasteiger charge is -2.75. The van der Waals surface area contributed by atoms with Gasteiger partial charge in [0.05, 0.1) is 0 Å². The van der Waals surface area contributed by atoms with E-state index in [2.05, 4.69) is 20.8 Å². The van der Waals surface area contributed by atoms with E-state index in [9.17, 15) is 0 Å². The second-order valence-corrected chi connectivity index (χ2v) is 5.80. The molecule has 2 N–H and O–H groups in total. The summed E-state index contributed by atoms with van der Waals surface area (Å²) in [7, 11) is -1.08. The highest BCUT2D eigenvalue weighted by Gasteiger charge is 2.75. The second kappa shape index (κ2) is 1.90. The molecule has 0 aromatic rings. The highest BCUT2D eigenvalue weighted by Crippen LogP contribution is 2.83. The van der Waals surface area contributed by atoms with Crippen LogP contribution in [0.4, 0.5) is 0 Å². The molecule has 3 heteroatoms. The van der Waals surface area contributed by atoms with Gasteiger partial charge in [0.15, 0.2) is 0 Å². The summed E-state index contributed by atoms with van der Waals surface area (Å²) in [6, 6.07) is 0. The van der Waals surface area contributed by atoms with Crippen LogP contribution in [0.1, 0.15) is 40.0 Å². The summed E-state index contributed by atoms with van der Waals surface area (Å²) in [5.41, 5.74) is 0.764. The van der Waals surface area contributed by atoms with Crippen LogP contribution in [0.25, 0.3) is 0 Å². The van der Waals surface area contributed by atoms with Crippen molar-refractivity contribution in [3.05, 3.63) is 0 Å². The molecule has 0 amide bonds. The van der Waals surface area contributed by atoms with Gasteiger partial charge in [-0.2, -0.15) is 0 Å². The zero-order valence-corrected chi connectivity index (χ0v) is 8.09. The zero-order valence-electron chi connectivity index (χ0n) is 8.09. The Hall–Kier alpha value is -0.0151. The smallest absolute Gasteiger partial charge is 0.427 e. The summed E-state index contributed by atoms with van der Waals surface area (Å²) in [6.07, 6.45) is 3.05. The fourth-order valence-corrected chi connectivity index (χ4v) is 2.94. The Morgan fingerprint density at radius 3 is 1.75 bits per heavy atom. The van der Waals surface area contributed by atoms with Gasteiger partial charge in [0.1, 0.15) is 0 Å². The summed E-state index contributed by atoms with van der Waals surface area (Å²) >= 11 is 0. The van der Waals surface area contributed by atoms with Gasteiger partial charge in [0.2, 0.25) is 0 Å². The SMILES string of the molecule is CC(C)(C)C12CC(B(O)O)(C1)C2. The highest BCUT2D eigenvalue weighted by molar-refractivity contribution is 6.46. The van der Waals surface area contributed by atoms with Crippen molar-refractivity contribution in [1.29, 1.82) is 0 Å². The average Bonchev–Trinajstić information content (AvgIpc) is 1.46. The first-order valence-corrected chi connectivity index (χ1v) is 4.68. The first-order chi connectivity index (χ1) is 5.31. The lowest BCUT2D eigenvalue weighted by Crippen LogP contribution is -2.67. The van der Waals surface area contributed by atoms with Gasteiger partial charge in [-0.3, -0.25) is 0 Å². The number of hydrogen-bond acceptors (Lipinski definition) is 2. The Balaban J connectivity index is 2.05. The Kier molecular flexibility index (Phi) is 1.36. The van der Waals surface area contributed by atoms with Gasteiger partial charge in [0, 0.05) is 5.31 Å². The van der Waals surface area contributed by atoms with Crippen molar-refractivity contribution < 1.29 is 10.0 Å². The van der Waals surface area contributed by atoms with Gasteiger partial charge in [-0.15, -0.1) is 0 Å². The van der Waals surface area contributed by atoms with Crippen LogP contribution in [-0.4, -0.2) is 17.2 Å². The van der Waals surface area contributed by atoms with E-state index in [-0.39, 0.29) is 5.31 Å². The summed E-state index contributed by atoms with van der Waals surface area (Å²) in [5, 5.41) is 18.1. The van der Waals surface area contributed by atoms with E-state index in [1.54, 1.807) is 0 Å². The minimum absolute atomic E-state index is 0.104. The highest BCUT2D eigenvalue weighted by atomic mass is 16.4. The minimum Gasteiger partial charge on any atom is -0.427 e. The topological polar surface area (TPSA) is 40.5 Å². The van der Waals surface area contributed by atoms with E-state index in [1.807, 2.05) is 0 Å². The van der Waals surface area contributed by atoms with Crippen molar-refractivity contribution in [2.75, 3.05) is 0 Å². The average molecular weight is 168 g/mol. The van der Waals surface area contributed by atoms with Crippen LogP contribution in [0.2, 0.25) is 5.31 Å². The Labute approximate surface area is 74.1 Å². The van der Waals surface area contributed by atoms with Crippen molar-refractivity contribution in [2.45, 2.75) is 45.3 Å². The standard InChI is InChI=1S/C9H17BO2/c1-7(2,3)8-4-9(5-8,6-8)10(11)12/h11-12H,4-6H2,1-3H3. The molecular weight excluding hydrogens is 151 g/mol. The molecule has 0 unspecified atom stereocenters. The maximum atomic E-state index is 9.11. The molecule has 3 aliphatic rings. The van der Waals surface area contributed by atoms with Gasteiger partial charge < -0.3 is 10.0 Å². The van der Waals surface area contributed by atoms with Crippen LogP contribution in [-0.2, 0) is 0 Å². The molecule has 0 aromatic carbocycles. The monoisotopic (exact) mass is 168 g/mol. The molecule has 0 radical (unpaired) electrons. The summed E-state index contributed by atoms with van der Waals surface area (Å²) < 4.78 is 0. The molecule has 3 aliphatic carbocycles. The largest absolute Gasteiger partial charge is 0.458 e. The quantitative estimate of drug-likeness (QED) is 0.581. The normalized spacial score (nSPS) is 44.8. The lowest BCUT2D eigenvalue weighted by molar-refractivity contribution is -0.180. The van der Waals surface area contributed by atoms with Crippen molar-refractivity contribution in [3.63, 3.8) is 0 Å². The molecule has 2 nitrogen and oxygen atoms in total. The second-order valence-electron chi connectivity index (χ2n) is 5.80. The summed E-state index contributed by atoms with van der Waals surface area (Å²) in [6.45, 7) is 6.75. The molecule has 0 spiro atoms. The van der Waals surface area contributed by atoms with Crippen molar-refractivity contribution in [2.24, 2.45) is 10.8 Å². The third-order valence-electron chi connectivity index (χ3n) is 4.21. The van der Waals surface area contributed by atoms with Crippen LogP contribution in [0.15, 0.2) is 0 Å². The van der Waals surface area contributed by atoms with Gasteiger partial charge in [-0.25, -0.2) is 0 Å². The van der Waals surface area contributed by atoms with Gasteiger partial charge in [-0.1, -0.05) is 20.8 Å². The molecule has 3 fully saturated rings. The van der Waals surface area contributed by atoms with Crippen LogP contribution in [0.5, 0.6) is 0 Å². The number of hydrogen-bond donors (Lipinski definition) is 2. The first-order valence-electron chi connectivity index (χ1n) is 4.68. The third-order valence-corrected chi connectivity index (χ3v) is 4.21. The van der Waals surface area contributed by atoms with Crippen LogP contribution in [0.3, 0.4) is 0 Å². The summed E-state index contributed by atoms with van der Waals surface area (Å²) in [4.78, 5) is 0. The molecule has 3 saturated carbocycles. The number of rotatable bonds is 1. The fraction of sp³-hybridized carbons (Fsp3) is 1.00. The van der Waals surface area contributed by atoms with Crippen LogP contribution >= 0.6 is 0 Å². The molecule has 0 aromatic heterocycles. The minimum atomic E-state index is -1.08. The Morgan fingerprint density at radius 1 is 1.08 bits per heavy atom.